The molecule has 0 aromatic heterocycles. The van der Waals surface area contributed by atoms with Gasteiger partial charge in [0.25, 0.3) is 0 Å². The van der Waals surface area contributed by atoms with E-state index in [9.17, 15) is 29.4 Å². The number of fused-ring (bicyclic) bond motifs is 7. The summed E-state index contributed by atoms with van der Waals surface area (Å²) in [6, 6.07) is 0. The van der Waals surface area contributed by atoms with E-state index in [1.165, 1.54) is 12.5 Å². The number of aliphatic carboxylic acids is 1. The summed E-state index contributed by atoms with van der Waals surface area (Å²) in [5, 5.41) is 21.5. The molecular formula is C40H63NO7. The molecule has 0 aliphatic heterocycles. The molecule has 0 heterocycles. The topological polar surface area (TPSA) is 121 Å². The lowest BCUT2D eigenvalue weighted by Crippen LogP contribution is -2.66. The Labute approximate surface area is 288 Å². The van der Waals surface area contributed by atoms with Gasteiger partial charge in [-0.25, -0.2) is 0 Å². The first-order valence-electron chi connectivity index (χ1n) is 18.6. The number of carboxylic acid groups (broad SMARTS) is 1. The molecule has 4 fully saturated rings. The van der Waals surface area contributed by atoms with Crippen LogP contribution in [-0.2, 0) is 23.9 Å². The third-order valence-corrected chi connectivity index (χ3v) is 15.5. The van der Waals surface area contributed by atoms with Crippen molar-refractivity contribution in [3.05, 3.63) is 11.1 Å². The first-order chi connectivity index (χ1) is 22.0. The predicted molar refractivity (Wildman–Crippen MR) is 185 cm³/mol. The van der Waals surface area contributed by atoms with Crippen LogP contribution in [-0.4, -0.2) is 64.5 Å². The zero-order valence-corrected chi connectivity index (χ0v) is 31.6. The fourth-order valence-electron chi connectivity index (χ4n) is 12.5. The molecule has 8 nitrogen and oxygen atoms in total. The van der Waals surface area contributed by atoms with Gasteiger partial charge in [-0.05, 0) is 111 Å². The van der Waals surface area contributed by atoms with Gasteiger partial charge < -0.3 is 19.8 Å². The van der Waals surface area contributed by atoms with Crippen LogP contribution in [0.25, 0.3) is 0 Å². The number of aliphatic hydroxyl groups excluding tert-OH is 1. The van der Waals surface area contributed by atoms with Crippen molar-refractivity contribution in [2.24, 2.45) is 56.2 Å². The zero-order valence-electron chi connectivity index (χ0n) is 31.6. The second-order valence-electron chi connectivity index (χ2n) is 19.0. The maximum atomic E-state index is 13.9. The molecule has 5 aliphatic rings. The summed E-state index contributed by atoms with van der Waals surface area (Å²) in [6.45, 7) is 21.1. The average Bonchev–Trinajstić information content (AvgIpc) is 3.27. The van der Waals surface area contributed by atoms with Gasteiger partial charge >= 0.3 is 11.9 Å². The maximum Gasteiger partial charge on any atom is 0.309 e. The van der Waals surface area contributed by atoms with E-state index in [4.69, 9.17) is 4.74 Å². The fourth-order valence-corrected chi connectivity index (χ4v) is 12.5. The first-order valence-corrected chi connectivity index (χ1v) is 18.6. The number of allylic oxidation sites excluding steroid dienone is 1. The molecule has 1 unspecified atom stereocenters. The molecule has 5 aliphatic carbocycles. The number of nitrogens with zero attached hydrogens (tertiary/aromatic N) is 1. The third-order valence-electron chi connectivity index (χ3n) is 15.5. The first kappa shape index (κ1) is 37.0. The number of rotatable bonds is 8. The SMILES string of the molecule is CC(=O)N(C)C[C@H](O)[C@@]12CC[C@]3(C)[C@H](CC[C@@H]4[C@@]5(C)CC[C@H](OC(=O)CC(C)(C)C(=O)O)C(C)(C)C5CC[C@]43C)C1=C(C(C)C)C(=O)C2. The number of ketones is 1. The zero-order chi connectivity index (χ0) is 36.0. The molecule has 8 heteroatoms. The molecule has 0 radical (unpaired) electrons. The second kappa shape index (κ2) is 11.9. The normalized spacial score (nSPS) is 39.6. The van der Waals surface area contributed by atoms with Gasteiger partial charge in [-0.1, -0.05) is 54.0 Å². The number of Topliss-reactive ketones (excluding diaryl/α,β-unsaturated/α-hetero) is 1. The van der Waals surface area contributed by atoms with Crippen LogP contribution in [0.1, 0.15) is 133 Å². The van der Waals surface area contributed by atoms with Gasteiger partial charge in [0, 0.05) is 37.8 Å². The molecule has 0 spiro atoms. The summed E-state index contributed by atoms with van der Waals surface area (Å²) in [5.74, 6) is -0.231. The van der Waals surface area contributed by atoms with Crippen LogP contribution < -0.4 is 0 Å². The van der Waals surface area contributed by atoms with Crippen LogP contribution in [0.2, 0.25) is 0 Å². The van der Waals surface area contributed by atoms with E-state index < -0.39 is 28.9 Å². The van der Waals surface area contributed by atoms with Crippen molar-refractivity contribution in [2.45, 2.75) is 146 Å². The van der Waals surface area contributed by atoms with Crippen LogP contribution in [0.4, 0.5) is 0 Å². The van der Waals surface area contributed by atoms with Gasteiger partial charge in [0.05, 0.1) is 17.9 Å². The Morgan fingerprint density at radius 1 is 0.938 bits per heavy atom. The van der Waals surface area contributed by atoms with Gasteiger partial charge in [0.1, 0.15) is 6.10 Å². The monoisotopic (exact) mass is 669 g/mol. The Kier molecular flexibility index (Phi) is 9.22. The molecule has 0 aromatic rings. The predicted octanol–water partition coefficient (Wildman–Crippen LogP) is 7.22. The number of ether oxygens (including phenoxy) is 1. The van der Waals surface area contributed by atoms with Crippen LogP contribution in [0.5, 0.6) is 0 Å². The molecule has 5 rings (SSSR count). The summed E-state index contributed by atoms with van der Waals surface area (Å²) in [5.41, 5.74) is 0.141. The van der Waals surface area contributed by atoms with Crippen molar-refractivity contribution < 1.29 is 34.1 Å². The smallest absolute Gasteiger partial charge is 0.309 e. The minimum Gasteiger partial charge on any atom is -0.481 e. The molecule has 9 atom stereocenters. The molecule has 1 amide bonds. The fraction of sp³-hybridized carbons (Fsp3) is 0.850. The average molecular weight is 670 g/mol. The van der Waals surface area contributed by atoms with E-state index in [1.54, 1.807) is 25.8 Å². The van der Waals surface area contributed by atoms with Gasteiger partial charge in [0.2, 0.25) is 5.91 Å². The Hall–Kier alpha value is -2.22. The largest absolute Gasteiger partial charge is 0.481 e. The summed E-state index contributed by atoms with van der Waals surface area (Å²) in [7, 11) is 1.73. The number of hydrogen-bond donors (Lipinski definition) is 2. The van der Waals surface area contributed by atoms with Crippen molar-refractivity contribution in [1.82, 2.24) is 4.90 Å². The summed E-state index contributed by atoms with van der Waals surface area (Å²) in [6.07, 6.45) is 6.70. The van der Waals surface area contributed by atoms with Gasteiger partial charge in [-0.2, -0.15) is 0 Å². The van der Waals surface area contributed by atoms with Gasteiger partial charge in [0.15, 0.2) is 5.78 Å². The van der Waals surface area contributed by atoms with Crippen molar-refractivity contribution in [3.8, 4) is 0 Å². The highest BCUT2D eigenvalue weighted by atomic mass is 16.5. The van der Waals surface area contributed by atoms with Gasteiger partial charge in [-0.3, -0.25) is 19.2 Å². The van der Waals surface area contributed by atoms with Crippen LogP contribution in [0, 0.1) is 56.2 Å². The molecule has 0 saturated heterocycles. The molecule has 48 heavy (non-hydrogen) atoms. The molecule has 270 valence electrons. The number of amides is 1. The van der Waals surface area contributed by atoms with Crippen molar-refractivity contribution in [1.29, 1.82) is 0 Å². The Morgan fingerprint density at radius 2 is 1.58 bits per heavy atom. The summed E-state index contributed by atoms with van der Waals surface area (Å²) in [4.78, 5) is 52.4. The van der Waals surface area contributed by atoms with Crippen molar-refractivity contribution in [3.63, 3.8) is 0 Å². The molecule has 0 aromatic carbocycles. The Balaban J connectivity index is 1.46. The van der Waals surface area contributed by atoms with E-state index >= 15 is 0 Å². The van der Waals surface area contributed by atoms with Crippen molar-refractivity contribution >= 4 is 23.6 Å². The number of aliphatic hydroxyl groups is 1. The number of likely N-dealkylation sites (N-methyl/N-ethyl adjacent to an activating group) is 1. The summed E-state index contributed by atoms with van der Waals surface area (Å²) < 4.78 is 6.13. The number of carbonyl (C=O) groups is 4. The van der Waals surface area contributed by atoms with Crippen LogP contribution in [0.15, 0.2) is 11.1 Å². The lowest BCUT2D eigenvalue weighted by atomic mass is 9.33. The van der Waals surface area contributed by atoms with Crippen molar-refractivity contribution in [2.75, 3.05) is 13.6 Å². The second-order valence-corrected chi connectivity index (χ2v) is 19.0. The van der Waals surface area contributed by atoms with E-state index in [1.807, 2.05) is 0 Å². The standard InChI is InChI=1S/C40H63NO7/c1-23(2)32-26(43)20-40(29(44)22-41(11)24(3)42)19-18-38(9)25(33(32)40)12-13-28-37(8)16-15-30(48-31(45)21-35(4,5)34(46)47)36(6,7)27(37)14-17-39(28,38)10/h23,25,27-30,44H,12-22H2,1-11H3,(H,46,47)/t25-,27?,28-,29+,30+,37+,38-,39-,40+/m1/s1. The number of carbonyl (C=O) groups excluding carboxylic acids is 3. The lowest BCUT2D eigenvalue weighted by Gasteiger charge is -2.72. The number of hydrogen-bond acceptors (Lipinski definition) is 6. The quantitative estimate of drug-likeness (QED) is 0.262. The van der Waals surface area contributed by atoms with E-state index in [2.05, 4.69) is 48.5 Å². The van der Waals surface area contributed by atoms with E-state index in [-0.39, 0.29) is 64.3 Å². The molecule has 2 N–H and O–H groups in total. The summed E-state index contributed by atoms with van der Waals surface area (Å²) >= 11 is 0. The van der Waals surface area contributed by atoms with Gasteiger partial charge in [-0.15, -0.1) is 0 Å². The molecular weight excluding hydrogens is 606 g/mol. The Bertz CT molecular complexity index is 1400. The van der Waals surface area contributed by atoms with E-state index in [0.29, 0.717) is 18.3 Å². The Morgan fingerprint density at radius 3 is 2.17 bits per heavy atom. The van der Waals surface area contributed by atoms with Crippen LogP contribution in [0.3, 0.4) is 0 Å². The lowest BCUT2D eigenvalue weighted by molar-refractivity contribution is -0.235. The molecule has 4 saturated carbocycles. The molecule has 0 bridgehead atoms. The van der Waals surface area contributed by atoms with Crippen LogP contribution >= 0.6 is 0 Å². The van der Waals surface area contributed by atoms with E-state index in [0.717, 1.165) is 56.9 Å². The highest BCUT2D eigenvalue weighted by Gasteiger charge is 2.70. The highest BCUT2D eigenvalue weighted by Crippen LogP contribution is 2.77. The maximum absolute atomic E-state index is 13.9. The minimum atomic E-state index is -1.17. The third kappa shape index (κ3) is 5.31. The minimum absolute atomic E-state index is 0.0281. The highest BCUT2D eigenvalue weighted by molar-refractivity contribution is 6.00. The number of esters is 1. The number of carboxylic acids is 1.